The van der Waals surface area contributed by atoms with Gasteiger partial charge in [0, 0.05) is 12.6 Å². The standard InChI is InChI=1S/C12H16F3NO/c13-12(14,15)9-16-11(7-4-8-17)10-5-2-1-3-6-10/h1-3,5-6,11,16-17H,4,7-9H2. The van der Waals surface area contributed by atoms with Gasteiger partial charge >= 0.3 is 6.18 Å². The fraction of sp³-hybridized carbons (Fsp3) is 0.500. The highest BCUT2D eigenvalue weighted by atomic mass is 19.4. The second-order valence-corrected chi connectivity index (χ2v) is 3.83. The Bertz CT molecular complexity index is 313. The van der Waals surface area contributed by atoms with Crippen LogP contribution < -0.4 is 5.32 Å². The summed E-state index contributed by atoms with van der Waals surface area (Å²) in [7, 11) is 0. The van der Waals surface area contributed by atoms with Crippen molar-refractivity contribution in [3.05, 3.63) is 35.9 Å². The molecule has 0 bridgehead atoms. The lowest BCUT2D eigenvalue weighted by Crippen LogP contribution is -2.32. The van der Waals surface area contributed by atoms with Gasteiger partial charge in [-0.1, -0.05) is 30.3 Å². The summed E-state index contributed by atoms with van der Waals surface area (Å²) in [6.45, 7) is -1.03. The Morgan fingerprint density at radius 3 is 2.35 bits per heavy atom. The van der Waals surface area contributed by atoms with Gasteiger partial charge < -0.3 is 10.4 Å². The van der Waals surface area contributed by atoms with Crippen LogP contribution in [0.25, 0.3) is 0 Å². The van der Waals surface area contributed by atoms with Crippen molar-refractivity contribution in [3.8, 4) is 0 Å². The highest BCUT2D eigenvalue weighted by molar-refractivity contribution is 5.18. The van der Waals surface area contributed by atoms with Crippen molar-refractivity contribution in [3.63, 3.8) is 0 Å². The van der Waals surface area contributed by atoms with Gasteiger partial charge in [-0.2, -0.15) is 13.2 Å². The molecule has 0 saturated heterocycles. The zero-order valence-corrected chi connectivity index (χ0v) is 9.37. The number of alkyl halides is 3. The van der Waals surface area contributed by atoms with E-state index in [-0.39, 0.29) is 12.6 Å². The lowest BCUT2D eigenvalue weighted by atomic mass is 10.0. The van der Waals surface area contributed by atoms with E-state index >= 15 is 0 Å². The zero-order valence-electron chi connectivity index (χ0n) is 9.37. The first kappa shape index (κ1) is 14.0. The molecular formula is C12H16F3NO. The van der Waals surface area contributed by atoms with Crippen molar-refractivity contribution in [2.75, 3.05) is 13.2 Å². The number of halogens is 3. The highest BCUT2D eigenvalue weighted by Gasteiger charge is 2.28. The van der Waals surface area contributed by atoms with E-state index in [1.54, 1.807) is 24.3 Å². The molecule has 2 N–H and O–H groups in total. The first-order valence-electron chi connectivity index (χ1n) is 5.49. The molecule has 0 saturated carbocycles. The molecular weight excluding hydrogens is 231 g/mol. The van der Waals surface area contributed by atoms with Crippen molar-refractivity contribution in [1.82, 2.24) is 5.32 Å². The van der Waals surface area contributed by atoms with Crippen LogP contribution in [-0.4, -0.2) is 24.4 Å². The normalized spacial score (nSPS) is 13.6. The van der Waals surface area contributed by atoms with Crippen LogP contribution in [0.4, 0.5) is 13.2 Å². The summed E-state index contributed by atoms with van der Waals surface area (Å²) in [5, 5.41) is 11.2. The van der Waals surface area contributed by atoms with Crippen LogP contribution in [0, 0.1) is 0 Å². The van der Waals surface area contributed by atoms with Crippen LogP contribution in [0.5, 0.6) is 0 Å². The maximum Gasteiger partial charge on any atom is 0.401 e. The quantitative estimate of drug-likeness (QED) is 0.810. The van der Waals surface area contributed by atoms with Crippen molar-refractivity contribution >= 4 is 0 Å². The first-order chi connectivity index (χ1) is 8.03. The summed E-state index contributed by atoms with van der Waals surface area (Å²) < 4.78 is 36.4. The minimum Gasteiger partial charge on any atom is -0.396 e. The maximum absolute atomic E-state index is 12.1. The molecule has 0 radical (unpaired) electrons. The third kappa shape index (κ3) is 5.70. The maximum atomic E-state index is 12.1. The molecule has 0 aromatic heterocycles. The Balaban J connectivity index is 2.61. The highest BCUT2D eigenvalue weighted by Crippen LogP contribution is 2.20. The molecule has 0 spiro atoms. The zero-order chi connectivity index (χ0) is 12.7. The van der Waals surface area contributed by atoms with Crippen molar-refractivity contribution in [2.24, 2.45) is 0 Å². The van der Waals surface area contributed by atoms with Crippen LogP contribution in [0.3, 0.4) is 0 Å². The molecule has 1 aromatic rings. The van der Waals surface area contributed by atoms with Gasteiger partial charge in [0.15, 0.2) is 0 Å². The molecule has 17 heavy (non-hydrogen) atoms. The molecule has 0 amide bonds. The molecule has 1 aromatic carbocycles. The van der Waals surface area contributed by atoms with Gasteiger partial charge in [0.25, 0.3) is 0 Å². The molecule has 1 unspecified atom stereocenters. The minimum absolute atomic E-state index is 0.0168. The monoisotopic (exact) mass is 247 g/mol. The van der Waals surface area contributed by atoms with Gasteiger partial charge in [0.1, 0.15) is 0 Å². The van der Waals surface area contributed by atoms with Crippen LogP contribution >= 0.6 is 0 Å². The van der Waals surface area contributed by atoms with Crippen LogP contribution in [0.2, 0.25) is 0 Å². The van der Waals surface area contributed by atoms with E-state index in [9.17, 15) is 13.2 Å². The van der Waals surface area contributed by atoms with Crippen LogP contribution in [0.15, 0.2) is 30.3 Å². The Morgan fingerprint density at radius 1 is 1.18 bits per heavy atom. The topological polar surface area (TPSA) is 32.3 Å². The number of hydrogen-bond donors (Lipinski definition) is 2. The van der Waals surface area contributed by atoms with Gasteiger partial charge in [-0.3, -0.25) is 0 Å². The Morgan fingerprint density at radius 2 is 1.82 bits per heavy atom. The second-order valence-electron chi connectivity index (χ2n) is 3.83. The summed E-state index contributed by atoms with van der Waals surface area (Å²) in [6, 6.07) is 8.59. The molecule has 96 valence electrons. The van der Waals surface area contributed by atoms with Crippen LogP contribution in [-0.2, 0) is 0 Å². The predicted molar refractivity (Wildman–Crippen MR) is 59.6 cm³/mol. The summed E-state index contributed by atoms with van der Waals surface area (Å²) in [5.74, 6) is 0. The number of nitrogens with one attached hydrogen (secondary N) is 1. The molecule has 5 heteroatoms. The Hall–Kier alpha value is -1.07. The summed E-state index contributed by atoms with van der Waals surface area (Å²) in [6.07, 6.45) is -3.26. The summed E-state index contributed by atoms with van der Waals surface area (Å²) >= 11 is 0. The van der Waals surface area contributed by atoms with Gasteiger partial charge in [-0.05, 0) is 18.4 Å². The average Bonchev–Trinajstić information content (AvgIpc) is 2.29. The van der Waals surface area contributed by atoms with E-state index in [1.807, 2.05) is 6.07 Å². The van der Waals surface area contributed by atoms with E-state index in [4.69, 9.17) is 5.11 Å². The lowest BCUT2D eigenvalue weighted by molar-refractivity contribution is -0.126. The molecule has 0 aliphatic heterocycles. The van der Waals surface area contributed by atoms with Crippen molar-refractivity contribution in [2.45, 2.75) is 25.1 Å². The van der Waals surface area contributed by atoms with E-state index in [1.165, 1.54) is 0 Å². The lowest BCUT2D eigenvalue weighted by Gasteiger charge is -2.19. The third-order valence-electron chi connectivity index (χ3n) is 2.40. The molecule has 1 atom stereocenters. The molecule has 0 fully saturated rings. The Kier molecular flexibility index (Phi) is 5.44. The number of hydrogen-bond acceptors (Lipinski definition) is 2. The van der Waals surface area contributed by atoms with E-state index < -0.39 is 12.7 Å². The number of aliphatic hydroxyl groups is 1. The minimum atomic E-state index is -4.22. The number of aliphatic hydroxyl groups excluding tert-OH is 1. The van der Waals surface area contributed by atoms with E-state index in [0.29, 0.717) is 12.8 Å². The largest absolute Gasteiger partial charge is 0.401 e. The predicted octanol–water partition coefficient (Wildman–Crippen LogP) is 2.65. The summed E-state index contributed by atoms with van der Waals surface area (Å²) in [5.41, 5.74) is 0.810. The smallest absolute Gasteiger partial charge is 0.396 e. The third-order valence-corrected chi connectivity index (χ3v) is 2.40. The fourth-order valence-corrected chi connectivity index (χ4v) is 1.61. The van der Waals surface area contributed by atoms with Crippen LogP contribution in [0.1, 0.15) is 24.4 Å². The van der Waals surface area contributed by atoms with Gasteiger partial charge in [0.05, 0.1) is 6.54 Å². The average molecular weight is 247 g/mol. The molecule has 0 heterocycles. The van der Waals surface area contributed by atoms with E-state index in [0.717, 1.165) is 5.56 Å². The van der Waals surface area contributed by atoms with E-state index in [2.05, 4.69) is 5.32 Å². The van der Waals surface area contributed by atoms with Gasteiger partial charge in [0.2, 0.25) is 0 Å². The fourth-order valence-electron chi connectivity index (χ4n) is 1.61. The molecule has 0 aliphatic rings. The first-order valence-corrected chi connectivity index (χ1v) is 5.49. The summed E-state index contributed by atoms with van der Waals surface area (Å²) in [4.78, 5) is 0. The number of rotatable bonds is 6. The Labute approximate surface area is 98.5 Å². The molecule has 2 nitrogen and oxygen atoms in total. The number of benzene rings is 1. The second kappa shape index (κ2) is 6.61. The van der Waals surface area contributed by atoms with Crippen molar-refractivity contribution < 1.29 is 18.3 Å². The van der Waals surface area contributed by atoms with Gasteiger partial charge in [-0.25, -0.2) is 0 Å². The molecule has 0 aliphatic carbocycles. The SMILES string of the molecule is OCCCC(NCC(F)(F)F)c1ccccc1. The van der Waals surface area contributed by atoms with Gasteiger partial charge in [-0.15, -0.1) is 0 Å². The molecule has 1 rings (SSSR count). The van der Waals surface area contributed by atoms with Crippen molar-refractivity contribution in [1.29, 1.82) is 0 Å².